The Labute approximate surface area is 213 Å². The lowest BCUT2D eigenvalue weighted by molar-refractivity contribution is -0.597. The van der Waals surface area contributed by atoms with Gasteiger partial charge in [0, 0.05) is 18.7 Å². The molecule has 1 atom stereocenters. The first-order valence-corrected chi connectivity index (χ1v) is 12.6. The standard InChI is InChI=1S/C28H37N5O3/c1-6-21(7-2)26(34)22-12-14-23(15-13-22)29-30-24-20(3)25(32-17-9-8-10-18-32)28(36)33(27(24)35)19-11-16-31(4)5/h8-10,12-15,17-18,21,26,34H,6-7,11,16,19H2,1-5H3/p+1. The maximum absolute atomic E-state index is 13.4. The Balaban J connectivity index is 2.00. The Morgan fingerprint density at radius 2 is 1.67 bits per heavy atom. The van der Waals surface area contributed by atoms with E-state index in [0.29, 0.717) is 29.9 Å². The van der Waals surface area contributed by atoms with E-state index in [1.165, 1.54) is 4.57 Å². The van der Waals surface area contributed by atoms with Gasteiger partial charge in [0.25, 0.3) is 17.1 Å². The fourth-order valence-electron chi connectivity index (χ4n) is 4.37. The predicted octanol–water partition coefficient (Wildman–Crippen LogP) is 4.98. The number of rotatable bonds is 11. The van der Waals surface area contributed by atoms with Gasteiger partial charge < -0.3 is 15.1 Å². The molecule has 2 aromatic heterocycles. The molecule has 0 amide bonds. The van der Waals surface area contributed by atoms with Crippen LogP contribution in [0.15, 0.2) is 69.9 Å². The molecule has 0 aliphatic rings. The summed E-state index contributed by atoms with van der Waals surface area (Å²) >= 11 is 0. The molecule has 0 saturated carbocycles. The maximum Gasteiger partial charge on any atom is 0.281 e. The topological polar surface area (TPSA) is 94.3 Å². The first-order chi connectivity index (χ1) is 17.3. The zero-order chi connectivity index (χ0) is 26.2. The number of aliphatic hydroxyl groups is 1. The van der Waals surface area contributed by atoms with E-state index in [9.17, 15) is 15.0 Å². The summed E-state index contributed by atoms with van der Waals surface area (Å²) in [5.74, 6) is 0.114. The Bertz CT molecular complexity index is 1220. The van der Waals surface area contributed by atoms with E-state index >= 15 is 0 Å². The van der Waals surface area contributed by atoms with Crippen molar-refractivity contribution in [2.75, 3.05) is 20.6 Å². The number of aromatic nitrogens is 2. The average molecular weight is 493 g/mol. The smallest absolute Gasteiger partial charge is 0.281 e. The second kappa shape index (κ2) is 12.6. The molecule has 2 heterocycles. The first-order valence-electron chi connectivity index (χ1n) is 12.6. The van der Waals surface area contributed by atoms with Crippen LogP contribution in [0.1, 0.15) is 50.3 Å². The van der Waals surface area contributed by atoms with E-state index in [1.807, 2.05) is 61.7 Å². The van der Waals surface area contributed by atoms with Gasteiger partial charge in [-0.05, 0) is 57.6 Å². The van der Waals surface area contributed by atoms with E-state index in [-0.39, 0.29) is 23.0 Å². The van der Waals surface area contributed by atoms with Gasteiger partial charge in [-0.15, -0.1) is 5.11 Å². The zero-order valence-corrected chi connectivity index (χ0v) is 21.9. The fraction of sp³-hybridized carbons (Fsp3) is 0.429. The number of benzene rings is 1. The minimum absolute atomic E-state index is 0.0915. The monoisotopic (exact) mass is 492 g/mol. The molecule has 0 saturated heterocycles. The predicted molar refractivity (Wildman–Crippen MR) is 141 cm³/mol. The Hall–Kier alpha value is -3.36. The molecule has 0 fully saturated rings. The first kappa shape index (κ1) is 27.2. The summed E-state index contributed by atoms with van der Waals surface area (Å²) < 4.78 is 3.15. The summed E-state index contributed by atoms with van der Waals surface area (Å²) in [6.07, 6.45) is 5.62. The highest BCUT2D eigenvalue weighted by atomic mass is 16.3. The van der Waals surface area contributed by atoms with Crippen LogP contribution in [-0.4, -0.2) is 40.3 Å². The number of hydrogen-bond donors (Lipinski definition) is 2. The van der Waals surface area contributed by atoms with Gasteiger partial charge in [0.2, 0.25) is 0 Å². The normalized spacial score (nSPS) is 12.7. The lowest BCUT2D eigenvalue weighted by atomic mass is 9.91. The number of pyridine rings is 2. The molecule has 3 rings (SSSR count). The molecule has 0 bridgehead atoms. The van der Waals surface area contributed by atoms with Crippen LogP contribution in [0.2, 0.25) is 0 Å². The van der Waals surface area contributed by atoms with Crippen LogP contribution < -0.4 is 10.1 Å². The number of nitrogens with zero attached hydrogens (tertiary/aromatic N) is 5. The van der Waals surface area contributed by atoms with Crippen LogP contribution in [0.4, 0.5) is 11.4 Å². The van der Waals surface area contributed by atoms with Gasteiger partial charge in [-0.1, -0.05) is 44.9 Å². The molecule has 1 unspecified atom stereocenters. The average Bonchev–Trinajstić information content (AvgIpc) is 2.87. The van der Waals surface area contributed by atoms with Crippen LogP contribution in [0.3, 0.4) is 0 Å². The molecule has 0 spiro atoms. The van der Waals surface area contributed by atoms with Crippen LogP contribution in [-0.2, 0) is 6.54 Å². The summed E-state index contributed by atoms with van der Waals surface area (Å²) in [5.41, 5.74) is 2.27. The highest BCUT2D eigenvalue weighted by molar-refractivity contribution is 5.56. The Morgan fingerprint density at radius 3 is 2.25 bits per heavy atom. The summed E-state index contributed by atoms with van der Waals surface area (Å²) in [7, 11) is 3.94. The van der Waals surface area contributed by atoms with Crippen LogP contribution in [0.25, 0.3) is 5.69 Å². The van der Waals surface area contributed by atoms with Crippen LogP contribution >= 0.6 is 0 Å². The van der Waals surface area contributed by atoms with E-state index in [4.69, 9.17) is 0 Å². The third-order valence-corrected chi connectivity index (χ3v) is 6.58. The SMILES string of the molecule is CCC(CC)C(O)c1ccc(/N=N/c2c(C)c(-[n+]3ccccc3)c(O)n(CCCN(C)C)c2=O)cc1. The third kappa shape index (κ3) is 6.25. The maximum atomic E-state index is 13.4. The van der Waals surface area contributed by atoms with Gasteiger partial charge in [0.1, 0.15) is 0 Å². The molecule has 8 nitrogen and oxygen atoms in total. The molecule has 1 aromatic carbocycles. The molecule has 36 heavy (non-hydrogen) atoms. The molecule has 2 N–H and O–H groups in total. The van der Waals surface area contributed by atoms with E-state index in [1.54, 1.807) is 23.6 Å². The highest BCUT2D eigenvalue weighted by Gasteiger charge is 2.26. The summed E-state index contributed by atoms with van der Waals surface area (Å²) in [6.45, 7) is 7.06. The quantitative estimate of drug-likeness (QED) is 0.292. The number of aliphatic hydroxyl groups excluding tert-OH is 1. The van der Waals surface area contributed by atoms with Gasteiger partial charge >= 0.3 is 0 Å². The summed E-state index contributed by atoms with van der Waals surface area (Å²) in [6, 6.07) is 12.9. The minimum Gasteiger partial charge on any atom is -0.490 e. The molecule has 8 heteroatoms. The van der Waals surface area contributed by atoms with Crippen molar-refractivity contribution in [3.8, 4) is 11.6 Å². The van der Waals surface area contributed by atoms with Gasteiger partial charge in [-0.2, -0.15) is 9.68 Å². The lowest BCUT2D eigenvalue weighted by Crippen LogP contribution is -2.34. The molecule has 0 aliphatic heterocycles. The van der Waals surface area contributed by atoms with Crippen molar-refractivity contribution in [3.05, 3.63) is 76.3 Å². The molecule has 0 radical (unpaired) electrons. The van der Waals surface area contributed by atoms with Crippen molar-refractivity contribution in [3.63, 3.8) is 0 Å². The van der Waals surface area contributed by atoms with Gasteiger partial charge in [-0.3, -0.25) is 9.36 Å². The van der Waals surface area contributed by atoms with E-state index < -0.39 is 6.10 Å². The zero-order valence-electron chi connectivity index (χ0n) is 21.9. The fourth-order valence-corrected chi connectivity index (χ4v) is 4.37. The molecule has 3 aromatic rings. The van der Waals surface area contributed by atoms with E-state index in [0.717, 1.165) is 24.9 Å². The highest BCUT2D eigenvalue weighted by Crippen LogP contribution is 2.30. The second-order valence-electron chi connectivity index (χ2n) is 9.36. The molecule has 192 valence electrons. The lowest BCUT2D eigenvalue weighted by Gasteiger charge is -2.20. The minimum atomic E-state index is -0.523. The second-order valence-corrected chi connectivity index (χ2v) is 9.36. The third-order valence-electron chi connectivity index (χ3n) is 6.58. The van der Waals surface area contributed by atoms with E-state index in [2.05, 4.69) is 24.1 Å². The van der Waals surface area contributed by atoms with Crippen molar-refractivity contribution >= 4 is 11.4 Å². The molecular weight excluding hydrogens is 454 g/mol. The van der Waals surface area contributed by atoms with Gasteiger partial charge in [0.15, 0.2) is 18.1 Å². The summed E-state index contributed by atoms with van der Waals surface area (Å²) in [5, 5.41) is 30.4. The molecular formula is C28H38N5O3+. The van der Waals surface area contributed by atoms with Gasteiger partial charge in [0.05, 0.1) is 17.4 Å². The number of hydrogen-bond acceptors (Lipinski definition) is 6. The van der Waals surface area contributed by atoms with Crippen LogP contribution in [0, 0.1) is 12.8 Å². The van der Waals surface area contributed by atoms with Crippen LogP contribution in [0.5, 0.6) is 5.88 Å². The molecule has 0 aliphatic carbocycles. The van der Waals surface area contributed by atoms with Crippen molar-refractivity contribution in [1.29, 1.82) is 0 Å². The van der Waals surface area contributed by atoms with Crippen molar-refractivity contribution in [2.24, 2.45) is 16.1 Å². The Kier molecular flexibility index (Phi) is 9.50. The largest absolute Gasteiger partial charge is 0.490 e. The van der Waals surface area contributed by atoms with Crippen molar-refractivity contribution in [1.82, 2.24) is 9.47 Å². The van der Waals surface area contributed by atoms with Crippen molar-refractivity contribution < 1.29 is 14.8 Å². The Morgan fingerprint density at radius 1 is 1.03 bits per heavy atom. The number of aromatic hydroxyl groups is 1. The summed E-state index contributed by atoms with van der Waals surface area (Å²) in [4.78, 5) is 15.4. The van der Waals surface area contributed by atoms with Gasteiger partial charge in [-0.25, -0.2) is 0 Å². The number of azo groups is 1. The van der Waals surface area contributed by atoms with Crippen molar-refractivity contribution in [2.45, 2.75) is 52.7 Å².